The lowest BCUT2D eigenvalue weighted by atomic mass is 9.94. The van der Waals surface area contributed by atoms with E-state index >= 15 is 0 Å². The summed E-state index contributed by atoms with van der Waals surface area (Å²) in [4.78, 5) is 0. The van der Waals surface area contributed by atoms with Crippen LogP contribution in [0.1, 0.15) is 52.9 Å². The molecule has 0 fully saturated rings. The first-order chi connectivity index (χ1) is 7.13. The van der Waals surface area contributed by atoms with Gasteiger partial charge in [-0.3, -0.25) is 11.3 Å². The first kappa shape index (κ1) is 14.9. The second-order valence-corrected chi connectivity index (χ2v) is 4.62. The van der Waals surface area contributed by atoms with E-state index in [2.05, 4.69) is 26.2 Å². The smallest absolute Gasteiger partial charge is 0.0543 e. The molecule has 0 bridgehead atoms. The van der Waals surface area contributed by atoms with Crippen molar-refractivity contribution in [3.8, 4) is 0 Å². The second-order valence-electron chi connectivity index (χ2n) is 4.62. The number of hydrogen-bond donors (Lipinski definition) is 2. The van der Waals surface area contributed by atoms with Gasteiger partial charge in [0, 0.05) is 13.2 Å². The van der Waals surface area contributed by atoms with E-state index in [0.717, 1.165) is 18.8 Å². The zero-order valence-electron chi connectivity index (χ0n) is 10.8. The summed E-state index contributed by atoms with van der Waals surface area (Å²) in [6, 6.07) is 0.434. The zero-order valence-corrected chi connectivity index (χ0v) is 10.8. The van der Waals surface area contributed by atoms with Crippen LogP contribution >= 0.6 is 0 Å². The standard InChI is InChI=1S/C12H28N2O/c1-5-6-10(2)9-12(14-13)8-7-11(3)15-4/h10-12,14H,5-9,13H2,1-4H3. The Bertz CT molecular complexity index is 142. The fraction of sp³-hybridized carbons (Fsp3) is 1.00. The van der Waals surface area contributed by atoms with Crippen molar-refractivity contribution in [3.05, 3.63) is 0 Å². The van der Waals surface area contributed by atoms with Gasteiger partial charge in [0.25, 0.3) is 0 Å². The molecule has 0 saturated carbocycles. The lowest BCUT2D eigenvalue weighted by molar-refractivity contribution is 0.105. The van der Waals surface area contributed by atoms with Gasteiger partial charge in [-0.25, -0.2) is 0 Å². The Labute approximate surface area is 94.7 Å². The molecule has 0 aliphatic carbocycles. The molecular weight excluding hydrogens is 188 g/mol. The van der Waals surface area contributed by atoms with Crippen molar-refractivity contribution in [1.82, 2.24) is 5.43 Å². The third-order valence-electron chi connectivity index (χ3n) is 3.03. The highest BCUT2D eigenvalue weighted by Gasteiger charge is 2.12. The third-order valence-corrected chi connectivity index (χ3v) is 3.03. The Balaban J connectivity index is 3.71. The van der Waals surface area contributed by atoms with Crippen LogP contribution in [0.5, 0.6) is 0 Å². The quantitative estimate of drug-likeness (QED) is 0.460. The number of hydrogen-bond acceptors (Lipinski definition) is 3. The monoisotopic (exact) mass is 216 g/mol. The van der Waals surface area contributed by atoms with E-state index in [1.807, 2.05) is 0 Å². The molecule has 0 radical (unpaired) electrons. The normalized spacial score (nSPS) is 17.4. The van der Waals surface area contributed by atoms with Gasteiger partial charge in [-0.1, -0.05) is 26.7 Å². The van der Waals surface area contributed by atoms with Crippen LogP contribution in [-0.2, 0) is 4.74 Å². The van der Waals surface area contributed by atoms with Crippen LogP contribution in [-0.4, -0.2) is 19.3 Å². The van der Waals surface area contributed by atoms with Gasteiger partial charge in [0.1, 0.15) is 0 Å². The Kier molecular flexibility index (Phi) is 9.06. The number of ether oxygens (including phenoxy) is 1. The van der Waals surface area contributed by atoms with Gasteiger partial charge in [-0.05, 0) is 32.1 Å². The van der Waals surface area contributed by atoms with E-state index in [0.29, 0.717) is 12.1 Å². The average molecular weight is 216 g/mol. The zero-order chi connectivity index (χ0) is 11.7. The van der Waals surface area contributed by atoms with Crippen molar-refractivity contribution in [2.75, 3.05) is 7.11 Å². The fourth-order valence-corrected chi connectivity index (χ4v) is 1.92. The van der Waals surface area contributed by atoms with Crippen molar-refractivity contribution >= 4 is 0 Å². The summed E-state index contributed by atoms with van der Waals surface area (Å²) >= 11 is 0. The highest BCUT2D eigenvalue weighted by molar-refractivity contribution is 4.69. The second kappa shape index (κ2) is 9.13. The lowest BCUT2D eigenvalue weighted by Gasteiger charge is -2.21. The molecule has 3 atom stereocenters. The summed E-state index contributed by atoms with van der Waals surface area (Å²) in [7, 11) is 1.76. The predicted octanol–water partition coefficient (Wildman–Crippen LogP) is 2.46. The van der Waals surface area contributed by atoms with Crippen molar-refractivity contribution < 1.29 is 4.74 Å². The van der Waals surface area contributed by atoms with Gasteiger partial charge in [0.05, 0.1) is 6.10 Å². The maximum atomic E-state index is 5.55. The van der Waals surface area contributed by atoms with Crippen molar-refractivity contribution in [3.63, 3.8) is 0 Å². The molecule has 3 N–H and O–H groups in total. The van der Waals surface area contributed by atoms with Crippen LogP contribution in [0.4, 0.5) is 0 Å². The minimum Gasteiger partial charge on any atom is -0.382 e. The van der Waals surface area contributed by atoms with Crippen LogP contribution in [0, 0.1) is 5.92 Å². The molecule has 0 aliphatic rings. The SMILES string of the molecule is CCCC(C)CC(CCC(C)OC)NN. The Morgan fingerprint density at radius 2 is 1.87 bits per heavy atom. The van der Waals surface area contributed by atoms with Gasteiger partial charge in [0.15, 0.2) is 0 Å². The number of nitrogens with two attached hydrogens (primary N) is 1. The Morgan fingerprint density at radius 3 is 2.33 bits per heavy atom. The van der Waals surface area contributed by atoms with Gasteiger partial charge in [0.2, 0.25) is 0 Å². The molecule has 0 aromatic rings. The topological polar surface area (TPSA) is 47.3 Å². The highest BCUT2D eigenvalue weighted by atomic mass is 16.5. The van der Waals surface area contributed by atoms with Crippen LogP contribution < -0.4 is 11.3 Å². The molecule has 0 saturated heterocycles. The van der Waals surface area contributed by atoms with E-state index in [1.165, 1.54) is 19.3 Å². The molecule has 0 aromatic carbocycles. The molecule has 0 amide bonds. The number of hydrazine groups is 1. The molecule has 3 heteroatoms. The Hall–Kier alpha value is -0.120. The molecule has 0 aromatic heterocycles. The minimum atomic E-state index is 0.335. The number of methoxy groups -OCH3 is 1. The van der Waals surface area contributed by atoms with Crippen LogP contribution in [0.3, 0.4) is 0 Å². The molecule has 0 aliphatic heterocycles. The maximum Gasteiger partial charge on any atom is 0.0543 e. The lowest BCUT2D eigenvalue weighted by Crippen LogP contribution is -2.37. The Morgan fingerprint density at radius 1 is 1.20 bits per heavy atom. The molecule has 0 rings (SSSR count). The van der Waals surface area contributed by atoms with Crippen LogP contribution in [0.25, 0.3) is 0 Å². The van der Waals surface area contributed by atoms with E-state index in [-0.39, 0.29) is 0 Å². The van der Waals surface area contributed by atoms with E-state index in [4.69, 9.17) is 10.6 Å². The van der Waals surface area contributed by atoms with Gasteiger partial charge in [-0.2, -0.15) is 0 Å². The number of rotatable bonds is 9. The van der Waals surface area contributed by atoms with Crippen LogP contribution in [0.2, 0.25) is 0 Å². The molecule has 3 unspecified atom stereocenters. The van der Waals surface area contributed by atoms with Crippen molar-refractivity contribution in [2.45, 2.75) is 65.0 Å². The maximum absolute atomic E-state index is 5.55. The molecule has 92 valence electrons. The molecule has 3 nitrogen and oxygen atoms in total. The molecule has 15 heavy (non-hydrogen) atoms. The van der Waals surface area contributed by atoms with E-state index in [1.54, 1.807) is 7.11 Å². The average Bonchev–Trinajstić information content (AvgIpc) is 2.23. The molecule has 0 spiro atoms. The first-order valence-electron chi connectivity index (χ1n) is 6.12. The molecule has 0 heterocycles. The largest absolute Gasteiger partial charge is 0.382 e. The van der Waals surface area contributed by atoms with Gasteiger partial charge < -0.3 is 4.74 Å². The van der Waals surface area contributed by atoms with Gasteiger partial charge in [-0.15, -0.1) is 0 Å². The summed E-state index contributed by atoms with van der Waals surface area (Å²) in [6.07, 6.45) is 6.22. The predicted molar refractivity (Wildman–Crippen MR) is 65.5 cm³/mol. The van der Waals surface area contributed by atoms with Gasteiger partial charge >= 0.3 is 0 Å². The number of nitrogens with one attached hydrogen (secondary N) is 1. The van der Waals surface area contributed by atoms with Crippen molar-refractivity contribution in [1.29, 1.82) is 0 Å². The summed E-state index contributed by atoms with van der Waals surface area (Å²) in [5.74, 6) is 6.31. The highest BCUT2D eigenvalue weighted by Crippen LogP contribution is 2.16. The summed E-state index contributed by atoms with van der Waals surface area (Å²) in [6.45, 7) is 6.63. The molecular formula is C12H28N2O. The van der Waals surface area contributed by atoms with E-state index in [9.17, 15) is 0 Å². The summed E-state index contributed by atoms with van der Waals surface area (Å²) in [5, 5.41) is 0. The minimum absolute atomic E-state index is 0.335. The first-order valence-corrected chi connectivity index (χ1v) is 6.12. The van der Waals surface area contributed by atoms with Crippen molar-refractivity contribution in [2.24, 2.45) is 11.8 Å². The fourth-order valence-electron chi connectivity index (χ4n) is 1.92. The van der Waals surface area contributed by atoms with Crippen LogP contribution in [0.15, 0.2) is 0 Å². The third kappa shape index (κ3) is 7.77. The summed E-state index contributed by atoms with van der Waals surface area (Å²) < 4.78 is 5.23. The summed E-state index contributed by atoms with van der Waals surface area (Å²) in [5.41, 5.74) is 2.92. The van der Waals surface area contributed by atoms with E-state index < -0.39 is 0 Å².